The Hall–Kier alpha value is -1.66. The van der Waals surface area contributed by atoms with Gasteiger partial charge in [-0.05, 0) is 13.0 Å². The molecule has 1 rings (SSSR count). The number of nitrogens with one attached hydrogen (secondary N) is 1. The van der Waals surface area contributed by atoms with E-state index >= 15 is 0 Å². The third kappa shape index (κ3) is 3.69. The van der Waals surface area contributed by atoms with E-state index in [0.717, 1.165) is 0 Å². The van der Waals surface area contributed by atoms with Crippen molar-refractivity contribution in [2.45, 2.75) is 19.1 Å². The van der Waals surface area contributed by atoms with Gasteiger partial charge in [0, 0.05) is 37.5 Å². The van der Waals surface area contributed by atoms with Gasteiger partial charge in [0.1, 0.15) is 0 Å². The molecule has 6 nitrogen and oxygen atoms in total. The fourth-order valence-corrected chi connectivity index (χ4v) is 1.17. The van der Waals surface area contributed by atoms with Crippen molar-refractivity contribution in [1.82, 2.24) is 9.88 Å². The Balaban J connectivity index is 2.64. The average molecular weight is 239 g/mol. The Bertz CT molecular complexity index is 454. The Morgan fingerprint density at radius 2 is 2.29 bits per heavy atom. The lowest BCUT2D eigenvalue weighted by Gasteiger charge is -2.15. The van der Waals surface area contributed by atoms with Crippen LogP contribution >= 0.6 is 0 Å². The second kappa shape index (κ2) is 5.60. The molecule has 2 unspecified atom stereocenters. The van der Waals surface area contributed by atoms with Gasteiger partial charge in [-0.25, -0.2) is 0 Å². The van der Waals surface area contributed by atoms with Gasteiger partial charge in [-0.2, -0.15) is 0 Å². The summed E-state index contributed by atoms with van der Waals surface area (Å²) in [5.41, 5.74) is 5.60. The Morgan fingerprint density at radius 1 is 1.65 bits per heavy atom. The van der Waals surface area contributed by atoms with Gasteiger partial charge >= 0.3 is 0 Å². The zero-order valence-electron chi connectivity index (χ0n) is 9.88. The normalized spacial score (nSPS) is 14.1. The maximum atomic E-state index is 11.6. The van der Waals surface area contributed by atoms with E-state index in [4.69, 9.17) is 10.8 Å². The number of aliphatic hydroxyl groups is 1. The lowest BCUT2D eigenvalue weighted by Crippen LogP contribution is -2.43. The lowest BCUT2D eigenvalue weighted by atomic mass is 10.2. The van der Waals surface area contributed by atoms with Crippen LogP contribution in [0.4, 0.5) is 0 Å². The molecule has 0 spiro atoms. The topological polar surface area (TPSA) is 97.3 Å². The summed E-state index contributed by atoms with van der Waals surface area (Å²) in [4.78, 5) is 22.9. The second-order valence-corrected chi connectivity index (χ2v) is 3.98. The molecule has 1 amide bonds. The lowest BCUT2D eigenvalue weighted by molar-refractivity contribution is 0.0937. The summed E-state index contributed by atoms with van der Waals surface area (Å²) < 4.78 is 1.37. The molecule has 94 valence electrons. The van der Waals surface area contributed by atoms with Crippen LogP contribution in [0, 0.1) is 0 Å². The number of aryl methyl sites for hydroxylation is 1. The molecule has 0 aliphatic rings. The second-order valence-electron chi connectivity index (χ2n) is 3.98. The van der Waals surface area contributed by atoms with Gasteiger partial charge in [0.05, 0.1) is 6.10 Å². The van der Waals surface area contributed by atoms with E-state index in [0.29, 0.717) is 0 Å². The van der Waals surface area contributed by atoms with E-state index in [1.165, 1.54) is 16.8 Å². The largest absolute Gasteiger partial charge is 0.392 e. The van der Waals surface area contributed by atoms with Crippen LogP contribution < -0.4 is 16.6 Å². The predicted molar refractivity (Wildman–Crippen MR) is 63.7 cm³/mol. The van der Waals surface area contributed by atoms with Gasteiger partial charge in [-0.1, -0.05) is 0 Å². The van der Waals surface area contributed by atoms with Crippen LogP contribution in [0.5, 0.6) is 0 Å². The van der Waals surface area contributed by atoms with Crippen LogP contribution in [0.2, 0.25) is 0 Å². The molecule has 17 heavy (non-hydrogen) atoms. The van der Waals surface area contributed by atoms with E-state index in [-0.39, 0.29) is 23.6 Å². The van der Waals surface area contributed by atoms with Gasteiger partial charge in [0.15, 0.2) is 0 Å². The van der Waals surface area contributed by atoms with E-state index < -0.39 is 12.1 Å². The highest BCUT2D eigenvalue weighted by atomic mass is 16.3. The number of nitrogens with zero attached hydrogens (tertiary/aromatic N) is 1. The zero-order chi connectivity index (χ0) is 13.0. The van der Waals surface area contributed by atoms with E-state index in [1.807, 2.05) is 0 Å². The minimum atomic E-state index is -0.695. The average Bonchev–Trinajstić information content (AvgIpc) is 2.28. The number of aliphatic hydroxyl groups excluding tert-OH is 1. The van der Waals surface area contributed by atoms with Crippen LogP contribution in [-0.2, 0) is 7.05 Å². The number of carbonyl (C=O) groups excluding carboxylic acids is 1. The van der Waals surface area contributed by atoms with Crippen LogP contribution in [0.15, 0.2) is 23.1 Å². The first-order valence-corrected chi connectivity index (χ1v) is 5.30. The van der Waals surface area contributed by atoms with Crippen molar-refractivity contribution in [3.8, 4) is 0 Å². The molecule has 0 saturated heterocycles. The first kappa shape index (κ1) is 13.4. The first-order chi connectivity index (χ1) is 7.91. The fraction of sp³-hybridized carbons (Fsp3) is 0.455. The standard InChI is InChI=1S/C11H17N3O3/c1-7(15)9(12)6-13-11(17)8-3-4-14(2)10(16)5-8/h3-5,7,9,15H,6,12H2,1-2H3,(H,13,17). The predicted octanol–water partition coefficient (Wildman–Crippen LogP) is -1.18. The smallest absolute Gasteiger partial charge is 0.251 e. The molecule has 1 heterocycles. The van der Waals surface area contributed by atoms with Crippen molar-refractivity contribution in [1.29, 1.82) is 0 Å². The summed E-state index contributed by atoms with van der Waals surface area (Å²) in [6.07, 6.45) is 0.824. The number of hydrogen-bond acceptors (Lipinski definition) is 4. The third-order valence-corrected chi connectivity index (χ3v) is 2.48. The summed E-state index contributed by atoms with van der Waals surface area (Å²) in [6, 6.07) is 2.28. The molecular formula is C11H17N3O3. The number of carbonyl (C=O) groups is 1. The van der Waals surface area contributed by atoms with Crippen molar-refractivity contribution < 1.29 is 9.90 Å². The van der Waals surface area contributed by atoms with Gasteiger partial charge < -0.3 is 20.7 Å². The van der Waals surface area contributed by atoms with Crippen LogP contribution in [0.25, 0.3) is 0 Å². The molecule has 0 bridgehead atoms. The highest BCUT2D eigenvalue weighted by molar-refractivity contribution is 5.93. The molecule has 0 aromatic carbocycles. The number of amides is 1. The maximum absolute atomic E-state index is 11.6. The molecule has 2 atom stereocenters. The molecule has 0 aliphatic carbocycles. The third-order valence-electron chi connectivity index (χ3n) is 2.48. The van der Waals surface area contributed by atoms with Crippen molar-refractivity contribution in [2.24, 2.45) is 12.8 Å². The van der Waals surface area contributed by atoms with Crippen molar-refractivity contribution in [3.05, 3.63) is 34.2 Å². The van der Waals surface area contributed by atoms with Crippen LogP contribution in [0.1, 0.15) is 17.3 Å². The molecule has 0 radical (unpaired) electrons. The fourth-order valence-electron chi connectivity index (χ4n) is 1.17. The molecule has 0 aliphatic heterocycles. The summed E-state index contributed by atoms with van der Waals surface area (Å²) in [7, 11) is 1.60. The highest BCUT2D eigenvalue weighted by Gasteiger charge is 2.12. The molecule has 1 aromatic heterocycles. The summed E-state index contributed by atoms with van der Waals surface area (Å²) >= 11 is 0. The first-order valence-electron chi connectivity index (χ1n) is 5.30. The zero-order valence-corrected chi connectivity index (χ0v) is 9.88. The van der Waals surface area contributed by atoms with Crippen molar-refractivity contribution >= 4 is 5.91 Å². The Morgan fingerprint density at radius 3 is 2.82 bits per heavy atom. The van der Waals surface area contributed by atoms with E-state index in [1.54, 1.807) is 20.0 Å². The van der Waals surface area contributed by atoms with E-state index in [9.17, 15) is 9.59 Å². The maximum Gasteiger partial charge on any atom is 0.251 e. The number of pyridine rings is 1. The summed E-state index contributed by atoms with van der Waals surface area (Å²) in [5.74, 6) is -0.376. The number of nitrogens with two attached hydrogens (primary N) is 1. The van der Waals surface area contributed by atoms with Crippen LogP contribution in [0.3, 0.4) is 0 Å². The van der Waals surface area contributed by atoms with Gasteiger partial charge in [-0.15, -0.1) is 0 Å². The monoisotopic (exact) mass is 239 g/mol. The summed E-state index contributed by atoms with van der Waals surface area (Å²) in [5, 5.41) is 11.7. The highest BCUT2D eigenvalue weighted by Crippen LogP contribution is 1.94. The number of hydrogen-bond donors (Lipinski definition) is 3. The van der Waals surface area contributed by atoms with Gasteiger partial charge in [0.25, 0.3) is 11.5 Å². The number of aromatic nitrogens is 1. The van der Waals surface area contributed by atoms with Crippen LogP contribution in [-0.4, -0.2) is 34.3 Å². The van der Waals surface area contributed by atoms with Crippen molar-refractivity contribution in [3.63, 3.8) is 0 Å². The minimum Gasteiger partial charge on any atom is -0.392 e. The summed E-state index contributed by atoms with van der Waals surface area (Å²) in [6.45, 7) is 1.71. The van der Waals surface area contributed by atoms with Crippen molar-refractivity contribution in [2.75, 3.05) is 6.54 Å². The molecular weight excluding hydrogens is 222 g/mol. The molecule has 0 saturated carbocycles. The molecule has 6 heteroatoms. The molecule has 1 aromatic rings. The Labute approximate surface area is 99.1 Å². The minimum absolute atomic E-state index is 0.158. The van der Waals surface area contributed by atoms with Gasteiger partial charge in [-0.3, -0.25) is 9.59 Å². The van der Waals surface area contributed by atoms with Gasteiger partial charge in [0.2, 0.25) is 0 Å². The quantitative estimate of drug-likeness (QED) is 0.616. The van der Waals surface area contributed by atoms with E-state index in [2.05, 4.69) is 5.32 Å². The molecule has 0 fully saturated rings. The SMILES string of the molecule is CC(O)C(N)CNC(=O)c1ccn(C)c(=O)c1. The molecule has 4 N–H and O–H groups in total. The Kier molecular flexibility index (Phi) is 4.42. The number of rotatable bonds is 4.